The van der Waals surface area contributed by atoms with E-state index in [0.717, 1.165) is 4.90 Å². The van der Waals surface area contributed by atoms with Crippen LogP contribution in [0.3, 0.4) is 0 Å². The number of amides is 2. The summed E-state index contributed by atoms with van der Waals surface area (Å²) in [6, 6.07) is 6.29. The zero-order valence-electron chi connectivity index (χ0n) is 17.0. The minimum Gasteiger partial charge on any atom is -0.481 e. The number of carboxylic acid groups (broad SMARTS) is 2. The van der Waals surface area contributed by atoms with E-state index in [9.17, 15) is 24.3 Å². The minimum absolute atomic E-state index is 0.0450. The molecule has 3 N–H and O–H groups in total. The molecule has 160 valence electrons. The molecule has 9 nitrogen and oxygen atoms in total. The van der Waals surface area contributed by atoms with Gasteiger partial charge in [-0.2, -0.15) is 0 Å². The number of benzene rings is 1. The average Bonchev–Trinajstić information content (AvgIpc) is 2.58. The lowest BCUT2D eigenvalue weighted by Crippen LogP contribution is -2.53. The van der Waals surface area contributed by atoms with Crippen molar-refractivity contribution in [2.24, 2.45) is 0 Å². The third-order valence-corrected chi connectivity index (χ3v) is 3.88. The molecule has 0 aliphatic rings. The van der Waals surface area contributed by atoms with E-state index in [1.807, 2.05) is 0 Å². The molecule has 0 heterocycles. The van der Waals surface area contributed by atoms with Gasteiger partial charge >= 0.3 is 18.0 Å². The molecule has 0 spiro atoms. The quantitative estimate of drug-likeness (QED) is 0.570. The van der Waals surface area contributed by atoms with Crippen LogP contribution in [0.5, 0.6) is 0 Å². The number of aliphatic carboxylic acids is 2. The molecular weight excluding hydrogens is 380 g/mol. The fourth-order valence-corrected chi connectivity index (χ4v) is 2.59. The summed E-state index contributed by atoms with van der Waals surface area (Å²) in [4.78, 5) is 48.7. The van der Waals surface area contributed by atoms with Crippen LogP contribution in [0.15, 0.2) is 30.3 Å². The van der Waals surface area contributed by atoms with Crippen molar-refractivity contribution < 1.29 is 34.1 Å². The summed E-state index contributed by atoms with van der Waals surface area (Å²) in [7, 11) is 0. The van der Waals surface area contributed by atoms with Crippen LogP contribution in [0.2, 0.25) is 0 Å². The minimum atomic E-state index is -1.36. The molecule has 0 unspecified atom stereocenters. The number of rotatable bonds is 9. The molecule has 9 heteroatoms. The normalized spacial score (nSPS) is 13.1. The zero-order valence-corrected chi connectivity index (χ0v) is 17.0. The molecular formula is C20H28N2O7. The molecule has 0 aliphatic heterocycles. The van der Waals surface area contributed by atoms with E-state index in [-0.39, 0.29) is 13.0 Å². The van der Waals surface area contributed by atoms with Crippen molar-refractivity contribution in [3.8, 4) is 0 Å². The van der Waals surface area contributed by atoms with Crippen LogP contribution in [0, 0.1) is 0 Å². The highest BCUT2D eigenvalue weighted by Gasteiger charge is 2.33. The van der Waals surface area contributed by atoms with Crippen LogP contribution in [-0.2, 0) is 25.7 Å². The van der Waals surface area contributed by atoms with Crippen molar-refractivity contribution >= 4 is 23.9 Å². The van der Waals surface area contributed by atoms with Crippen LogP contribution >= 0.6 is 0 Å². The number of carbonyl (C=O) groups excluding carboxylic acids is 2. The standard InChI is InChI=1S/C20H28N2O7/c1-13(21-19(28)29-20(2,3)4)17(25)22(12-14-8-6-5-7-9-14)15(18(26)27)10-11-16(23)24/h5-9,13,15H,10-12H2,1-4H3,(H,21,28)(H,23,24)(H,26,27)/t13-,15+/m0/s1. The van der Waals surface area contributed by atoms with Crippen LogP contribution < -0.4 is 5.32 Å². The van der Waals surface area contributed by atoms with Crippen LogP contribution in [0.1, 0.15) is 46.1 Å². The van der Waals surface area contributed by atoms with E-state index in [0.29, 0.717) is 5.56 Å². The van der Waals surface area contributed by atoms with Gasteiger partial charge in [0.15, 0.2) is 0 Å². The highest BCUT2D eigenvalue weighted by atomic mass is 16.6. The lowest BCUT2D eigenvalue weighted by Gasteiger charge is -2.31. The van der Waals surface area contributed by atoms with Gasteiger partial charge in [-0.05, 0) is 39.7 Å². The van der Waals surface area contributed by atoms with Gasteiger partial charge < -0.3 is 25.2 Å². The van der Waals surface area contributed by atoms with Crippen LogP contribution in [-0.4, -0.2) is 56.7 Å². The van der Waals surface area contributed by atoms with Gasteiger partial charge in [0.25, 0.3) is 0 Å². The summed E-state index contributed by atoms with van der Waals surface area (Å²) in [5.41, 5.74) is -0.0892. The number of carbonyl (C=O) groups is 4. The smallest absolute Gasteiger partial charge is 0.408 e. The monoisotopic (exact) mass is 408 g/mol. The van der Waals surface area contributed by atoms with Crippen molar-refractivity contribution in [1.29, 1.82) is 0 Å². The van der Waals surface area contributed by atoms with E-state index < -0.39 is 48.0 Å². The molecule has 2 atom stereocenters. The fourth-order valence-electron chi connectivity index (χ4n) is 2.59. The van der Waals surface area contributed by atoms with Gasteiger partial charge in [-0.25, -0.2) is 9.59 Å². The highest BCUT2D eigenvalue weighted by molar-refractivity contribution is 5.89. The predicted octanol–water partition coefficient (Wildman–Crippen LogP) is 2.25. The fraction of sp³-hybridized carbons (Fsp3) is 0.500. The second-order valence-electron chi connectivity index (χ2n) is 7.61. The maximum atomic E-state index is 13.0. The lowest BCUT2D eigenvalue weighted by molar-refractivity contribution is -0.152. The average molecular weight is 408 g/mol. The largest absolute Gasteiger partial charge is 0.481 e. The Morgan fingerprint density at radius 2 is 1.69 bits per heavy atom. The Balaban J connectivity index is 3.06. The molecule has 0 radical (unpaired) electrons. The highest BCUT2D eigenvalue weighted by Crippen LogP contribution is 2.16. The Labute approximate surface area is 169 Å². The van der Waals surface area contributed by atoms with Crippen molar-refractivity contribution in [1.82, 2.24) is 10.2 Å². The molecule has 1 rings (SSSR count). The molecule has 1 aromatic rings. The molecule has 0 aliphatic carbocycles. The van der Waals surface area contributed by atoms with Crippen molar-refractivity contribution in [2.45, 2.75) is 64.8 Å². The van der Waals surface area contributed by atoms with E-state index in [1.165, 1.54) is 6.92 Å². The van der Waals surface area contributed by atoms with Crippen molar-refractivity contribution in [3.63, 3.8) is 0 Å². The van der Waals surface area contributed by atoms with Gasteiger partial charge in [0.1, 0.15) is 17.7 Å². The van der Waals surface area contributed by atoms with Crippen LogP contribution in [0.4, 0.5) is 4.79 Å². The Bertz CT molecular complexity index is 728. The van der Waals surface area contributed by atoms with E-state index >= 15 is 0 Å². The van der Waals surface area contributed by atoms with Gasteiger partial charge in [-0.3, -0.25) is 9.59 Å². The predicted molar refractivity (Wildman–Crippen MR) is 104 cm³/mol. The Hall–Kier alpha value is -3.10. The summed E-state index contributed by atoms with van der Waals surface area (Å²) < 4.78 is 5.13. The van der Waals surface area contributed by atoms with Gasteiger partial charge in [-0.15, -0.1) is 0 Å². The molecule has 29 heavy (non-hydrogen) atoms. The van der Waals surface area contributed by atoms with Crippen molar-refractivity contribution in [3.05, 3.63) is 35.9 Å². The Morgan fingerprint density at radius 3 is 2.17 bits per heavy atom. The first-order valence-electron chi connectivity index (χ1n) is 9.19. The molecule has 0 bridgehead atoms. The summed E-state index contributed by atoms with van der Waals surface area (Å²) in [6.07, 6.45) is -1.48. The number of alkyl carbamates (subject to hydrolysis) is 1. The van der Waals surface area contributed by atoms with Gasteiger partial charge in [0.2, 0.25) is 5.91 Å². The molecule has 2 amide bonds. The summed E-state index contributed by atoms with van der Waals surface area (Å²) >= 11 is 0. The van der Waals surface area contributed by atoms with Crippen molar-refractivity contribution in [2.75, 3.05) is 0 Å². The summed E-state index contributed by atoms with van der Waals surface area (Å²) in [6.45, 7) is 6.39. The SMILES string of the molecule is C[C@H](NC(=O)OC(C)(C)C)C(=O)N(Cc1ccccc1)[C@H](CCC(=O)O)C(=O)O. The van der Waals surface area contributed by atoms with Crippen LogP contribution in [0.25, 0.3) is 0 Å². The molecule has 0 saturated heterocycles. The number of nitrogens with one attached hydrogen (secondary N) is 1. The van der Waals surface area contributed by atoms with E-state index in [2.05, 4.69) is 5.32 Å². The number of carboxylic acids is 2. The Morgan fingerprint density at radius 1 is 1.10 bits per heavy atom. The topological polar surface area (TPSA) is 133 Å². The third kappa shape index (κ3) is 8.63. The first-order chi connectivity index (χ1) is 13.4. The molecule has 0 aromatic heterocycles. The van der Waals surface area contributed by atoms with E-state index in [1.54, 1.807) is 51.1 Å². The van der Waals surface area contributed by atoms with E-state index in [4.69, 9.17) is 9.84 Å². The van der Waals surface area contributed by atoms with Gasteiger partial charge in [0, 0.05) is 13.0 Å². The summed E-state index contributed by atoms with van der Waals surface area (Å²) in [5.74, 6) is -3.14. The number of hydrogen-bond acceptors (Lipinski definition) is 5. The second-order valence-corrected chi connectivity index (χ2v) is 7.61. The maximum absolute atomic E-state index is 13.0. The molecule has 1 aromatic carbocycles. The molecule has 0 saturated carbocycles. The number of nitrogens with zero attached hydrogens (tertiary/aromatic N) is 1. The molecule has 0 fully saturated rings. The second kappa shape index (κ2) is 10.4. The summed E-state index contributed by atoms with van der Waals surface area (Å²) in [5, 5.41) is 20.9. The third-order valence-electron chi connectivity index (χ3n) is 3.88. The van der Waals surface area contributed by atoms with Gasteiger partial charge in [-0.1, -0.05) is 30.3 Å². The number of hydrogen-bond donors (Lipinski definition) is 3. The zero-order chi connectivity index (χ0) is 22.2. The maximum Gasteiger partial charge on any atom is 0.408 e. The Kier molecular flexibility index (Phi) is 8.62. The first-order valence-corrected chi connectivity index (χ1v) is 9.19. The first kappa shape index (κ1) is 23.9. The van der Waals surface area contributed by atoms with Gasteiger partial charge in [0.05, 0.1) is 0 Å². The number of ether oxygens (including phenoxy) is 1. The lowest BCUT2D eigenvalue weighted by atomic mass is 10.1.